The molecule has 3 rings (SSSR count). The standard InChI is InChI=1S/C18H19FN2O2S/c19-17-14-16(8-9-18(17)21-11-4-5-12-21)20-24(22,23)13-10-15-6-2-1-3-7-15/h1-3,6-10,13-14,20H,4-5,11-12H2/b13-10+. The van der Waals surface area contributed by atoms with Crippen molar-refractivity contribution in [2.45, 2.75) is 12.8 Å². The van der Waals surface area contributed by atoms with Gasteiger partial charge in [-0.15, -0.1) is 0 Å². The molecule has 1 aliphatic heterocycles. The van der Waals surface area contributed by atoms with E-state index in [1.807, 2.05) is 23.1 Å². The summed E-state index contributed by atoms with van der Waals surface area (Å²) in [5, 5.41) is 1.08. The fourth-order valence-corrected chi connectivity index (χ4v) is 3.58. The van der Waals surface area contributed by atoms with Gasteiger partial charge >= 0.3 is 0 Å². The van der Waals surface area contributed by atoms with E-state index in [1.54, 1.807) is 24.3 Å². The Hall–Kier alpha value is -2.34. The number of anilines is 2. The van der Waals surface area contributed by atoms with E-state index in [0.717, 1.165) is 36.9 Å². The van der Waals surface area contributed by atoms with Crippen molar-refractivity contribution in [2.24, 2.45) is 0 Å². The van der Waals surface area contributed by atoms with Gasteiger partial charge in [-0.25, -0.2) is 12.8 Å². The number of nitrogens with zero attached hydrogens (tertiary/aromatic N) is 1. The second-order valence-corrected chi connectivity index (χ2v) is 7.29. The lowest BCUT2D eigenvalue weighted by molar-refractivity contribution is 0.609. The first-order valence-corrected chi connectivity index (χ1v) is 9.39. The third kappa shape index (κ3) is 4.14. The van der Waals surface area contributed by atoms with E-state index < -0.39 is 15.8 Å². The van der Waals surface area contributed by atoms with Crippen LogP contribution in [0.5, 0.6) is 0 Å². The third-order valence-electron chi connectivity index (χ3n) is 3.89. The molecule has 1 N–H and O–H groups in total. The number of nitrogens with one attached hydrogen (secondary N) is 1. The zero-order valence-electron chi connectivity index (χ0n) is 13.2. The predicted octanol–water partition coefficient (Wildman–Crippen LogP) is 3.84. The molecule has 0 saturated carbocycles. The van der Waals surface area contributed by atoms with Gasteiger partial charge in [0.15, 0.2) is 0 Å². The number of sulfonamides is 1. The first kappa shape index (κ1) is 16.5. The van der Waals surface area contributed by atoms with Gasteiger partial charge in [-0.3, -0.25) is 4.72 Å². The number of benzene rings is 2. The molecule has 1 fully saturated rings. The molecule has 4 nitrogen and oxygen atoms in total. The molecule has 0 aliphatic carbocycles. The van der Waals surface area contributed by atoms with Crippen molar-refractivity contribution in [1.29, 1.82) is 0 Å². The Kier molecular flexibility index (Phi) is 4.85. The van der Waals surface area contributed by atoms with Gasteiger partial charge < -0.3 is 4.90 Å². The summed E-state index contributed by atoms with van der Waals surface area (Å²) in [5.74, 6) is -0.413. The Balaban J connectivity index is 1.73. The van der Waals surface area contributed by atoms with E-state index in [4.69, 9.17) is 0 Å². The van der Waals surface area contributed by atoms with E-state index in [1.165, 1.54) is 12.1 Å². The van der Waals surface area contributed by atoms with Crippen molar-refractivity contribution in [1.82, 2.24) is 0 Å². The molecule has 0 aromatic heterocycles. The zero-order chi connectivity index (χ0) is 17.0. The van der Waals surface area contributed by atoms with Gasteiger partial charge in [-0.2, -0.15) is 0 Å². The summed E-state index contributed by atoms with van der Waals surface area (Å²) in [6.45, 7) is 1.67. The lowest BCUT2D eigenvalue weighted by Crippen LogP contribution is -2.19. The molecular formula is C18H19FN2O2S. The van der Waals surface area contributed by atoms with Gasteiger partial charge in [0.25, 0.3) is 10.0 Å². The average molecular weight is 346 g/mol. The quantitative estimate of drug-likeness (QED) is 0.895. The molecule has 0 bridgehead atoms. The van der Waals surface area contributed by atoms with Gasteiger partial charge in [0.2, 0.25) is 0 Å². The lowest BCUT2D eigenvalue weighted by Gasteiger charge is -2.18. The molecule has 24 heavy (non-hydrogen) atoms. The van der Waals surface area contributed by atoms with Crippen LogP contribution in [0.15, 0.2) is 53.9 Å². The molecule has 0 spiro atoms. The van der Waals surface area contributed by atoms with Crippen LogP contribution in [0.2, 0.25) is 0 Å². The second-order valence-electron chi connectivity index (χ2n) is 5.72. The Bertz CT molecular complexity index is 829. The van der Waals surface area contributed by atoms with Gasteiger partial charge in [-0.05, 0) is 36.6 Å². The van der Waals surface area contributed by atoms with E-state index in [2.05, 4.69) is 4.72 Å². The monoisotopic (exact) mass is 346 g/mol. The van der Waals surface area contributed by atoms with E-state index in [0.29, 0.717) is 5.69 Å². The number of hydrogen-bond donors (Lipinski definition) is 1. The van der Waals surface area contributed by atoms with Crippen molar-refractivity contribution in [3.63, 3.8) is 0 Å². The number of halogens is 1. The zero-order valence-corrected chi connectivity index (χ0v) is 14.0. The molecule has 0 atom stereocenters. The SMILES string of the molecule is O=S(=O)(/C=C/c1ccccc1)Nc1ccc(N2CCCC2)c(F)c1. The van der Waals surface area contributed by atoms with Crippen LogP contribution < -0.4 is 9.62 Å². The van der Waals surface area contributed by atoms with Gasteiger partial charge in [0, 0.05) is 19.2 Å². The summed E-state index contributed by atoms with van der Waals surface area (Å²) in [5.41, 5.74) is 1.52. The predicted molar refractivity (Wildman–Crippen MR) is 95.9 cm³/mol. The Labute approximate surface area is 141 Å². The first-order chi connectivity index (χ1) is 11.5. The van der Waals surface area contributed by atoms with Crippen LogP contribution in [-0.4, -0.2) is 21.5 Å². The molecule has 0 amide bonds. The third-order valence-corrected chi connectivity index (χ3v) is 4.91. The number of rotatable bonds is 5. The largest absolute Gasteiger partial charge is 0.369 e. The molecule has 126 valence electrons. The molecule has 0 unspecified atom stereocenters. The molecule has 0 radical (unpaired) electrons. The molecule has 2 aromatic carbocycles. The van der Waals surface area contributed by atoms with Crippen LogP contribution in [0.3, 0.4) is 0 Å². The van der Waals surface area contributed by atoms with Crippen molar-refractivity contribution < 1.29 is 12.8 Å². The van der Waals surface area contributed by atoms with Crippen molar-refractivity contribution in [3.05, 3.63) is 65.3 Å². The Morgan fingerprint density at radius 3 is 2.42 bits per heavy atom. The number of hydrogen-bond acceptors (Lipinski definition) is 3. The highest BCUT2D eigenvalue weighted by molar-refractivity contribution is 7.95. The minimum atomic E-state index is -3.69. The van der Waals surface area contributed by atoms with Crippen LogP contribution in [-0.2, 0) is 10.0 Å². The van der Waals surface area contributed by atoms with Crippen LogP contribution >= 0.6 is 0 Å². The molecule has 2 aromatic rings. The first-order valence-electron chi connectivity index (χ1n) is 7.84. The molecule has 1 saturated heterocycles. The normalized spacial score (nSPS) is 15.1. The summed E-state index contributed by atoms with van der Waals surface area (Å²) in [7, 11) is -3.69. The summed E-state index contributed by atoms with van der Waals surface area (Å²) in [6, 6.07) is 13.5. The van der Waals surface area contributed by atoms with Crippen LogP contribution in [0.4, 0.5) is 15.8 Å². The lowest BCUT2D eigenvalue weighted by atomic mass is 10.2. The minimum Gasteiger partial charge on any atom is -0.369 e. The smallest absolute Gasteiger partial charge is 0.255 e. The van der Waals surface area contributed by atoms with E-state index in [9.17, 15) is 12.8 Å². The van der Waals surface area contributed by atoms with Crippen LogP contribution in [0, 0.1) is 5.82 Å². The molecule has 6 heteroatoms. The minimum absolute atomic E-state index is 0.216. The van der Waals surface area contributed by atoms with Crippen molar-refractivity contribution >= 4 is 27.5 Å². The maximum atomic E-state index is 14.2. The van der Waals surface area contributed by atoms with Crippen molar-refractivity contribution in [2.75, 3.05) is 22.7 Å². The fourth-order valence-electron chi connectivity index (χ4n) is 2.72. The summed E-state index contributed by atoms with van der Waals surface area (Å²) in [4.78, 5) is 1.98. The summed E-state index contributed by atoms with van der Waals surface area (Å²) in [6.07, 6.45) is 3.60. The van der Waals surface area contributed by atoms with Gasteiger partial charge in [0.05, 0.1) is 16.8 Å². The molecule has 1 aliphatic rings. The molecule has 1 heterocycles. The highest BCUT2D eigenvalue weighted by atomic mass is 32.2. The van der Waals surface area contributed by atoms with E-state index >= 15 is 0 Å². The average Bonchev–Trinajstić information content (AvgIpc) is 3.08. The summed E-state index contributed by atoms with van der Waals surface area (Å²) >= 11 is 0. The van der Waals surface area contributed by atoms with Gasteiger partial charge in [0.1, 0.15) is 5.82 Å². The Morgan fingerprint density at radius 1 is 1.04 bits per heavy atom. The van der Waals surface area contributed by atoms with Crippen molar-refractivity contribution in [3.8, 4) is 0 Å². The summed E-state index contributed by atoms with van der Waals surface area (Å²) < 4.78 is 40.8. The topological polar surface area (TPSA) is 49.4 Å². The Morgan fingerprint density at radius 2 is 1.75 bits per heavy atom. The maximum absolute atomic E-state index is 14.2. The highest BCUT2D eigenvalue weighted by Crippen LogP contribution is 2.26. The second kappa shape index (κ2) is 7.05. The molecular weight excluding hydrogens is 327 g/mol. The fraction of sp³-hybridized carbons (Fsp3) is 0.222. The van der Waals surface area contributed by atoms with E-state index in [-0.39, 0.29) is 5.69 Å². The highest BCUT2D eigenvalue weighted by Gasteiger charge is 2.17. The van der Waals surface area contributed by atoms with Crippen LogP contribution in [0.1, 0.15) is 18.4 Å². The maximum Gasteiger partial charge on any atom is 0.255 e. The van der Waals surface area contributed by atoms with Crippen LogP contribution in [0.25, 0.3) is 6.08 Å². The van der Waals surface area contributed by atoms with Gasteiger partial charge in [-0.1, -0.05) is 30.3 Å².